The molecule has 0 spiro atoms. The van der Waals surface area contributed by atoms with Gasteiger partial charge in [0.15, 0.2) is 0 Å². The number of hydrogen-bond donors (Lipinski definition) is 1. The lowest BCUT2D eigenvalue weighted by atomic mass is 9.96. The molecule has 1 aliphatic heterocycles. The molecule has 6 nitrogen and oxygen atoms in total. The predicted molar refractivity (Wildman–Crippen MR) is 96.3 cm³/mol. The number of hydrogen-bond acceptors (Lipinski definition) is 5. The van der Waals surface area contributed by atoms with Crippen molar-refractivity contribution in [3.05, 3.63) is 70.8 Å². The van der Waals surface area contributed by atoms with E-state index in [1.165, 1.54) is 30.2 Å². The van der Waals surface area contributed by atoms with E-state index in [1.807, 2.05) is 0 Å². The number of aliphatic hydroxyl groups is 1. The van der Waals surface area contributed by atoms with Gasteiger partial charge >= 0.3 is 0 Å². The van der Waals surface area contributed by atoms with E-state index < -0.39 is 23.5 Å². The number of aryl methyl sites for hydroxylation is 1. The van der Waals surface area contributed by atoms with E-state index in [0.29, 0.717) is 11.1 Å². The Bertz CT molecular complexity index is 911. The van der Waals surface area contributed by atoms with E-state index in [9.17, 15) is 19.1 Å². The van der Waals surface area contributed by atoms with Gasteiger partial charge in [0, 0.05) is 31.6 Å². The van der Waals surface area contributed by atoms with Crippen molar-refractivity contribution >= 4 is 17.4 Å². The van der Waals surface area contributed by atoms with Crippen LogP contribution in [0.4, 0.5) is 4.39 Å². The summed E-state index contributed by atoms with van der Waals surface area (Å²) in [6.07, 6.45) is 3.12. The summed E-state index contributed by atoms with van der Waals surface area (Å²) in [4.78, 5) is 30.6. The Morgan fingerprint density at radius 1 is 1.33 bits per heavy atom. The van der Waals surface area contributed by atoms with Gasteiger partial charge in [-0.05, 0) is 42.3 Å². The number of benzene rings is 1. The second kappa shape index (κ2) is 7.67. The number of rotatable bonds is 5. The summed E-state index contributed by atoms with van der Waals surface area (Å²) in [5, 5.41) is 10.8. The zero-order chi connectivity index (χ0) is 19.6. The number of aliphatic hydroxyl groups excluding tert-OH is 1. The van der Waals surface area contributed by atoms with Crippen LogP contribution in [0.3, 0.4) is 0 Å². The first-order valence-electron chi connectivity index (χ1n) is 8.39. The first-order chi connectivity index (χ1) is 13.0. The molecule has 2 aromatic rings. The monoisotopic (exact) mass is 370 g/mol. The Morgan fingerprint density at radius 3 is 2.74 bits per heavy atom. The Balaban J connectivity index is 2.16. The lowest BCUT2D eigenvalue weighted by Crippen LogP contribution is -2.32. The van der Waals surface area contributed by atoms with Crippen LogP contribution >= 0.6 is 0 Å². The molecular formula is C20H19FN2O4. The maximum Gasteiger partial charge on any atom is 0.295 e. The van der Waals surface area contributed by atoms with Gasteiger partial charge in [-0.2, -0.15) is 0 Å². The molecule has 2 heterocycles. The van der Waals surface area contributed by atoms with Gasteiger partial charge in [-0.25, -0.2) is 4.39 Å². The molecule has 1 aromatic heterocycles. The number of likely N-dealkylation sites (tertiary alicyclic amines) is 1. The molecule has 1 N–H and O–H groups in total. The number of amides is 1. The minimum Gasteiger partial charge on any atom is -0.507 e. The third kappa shape index (κ3) is 3.46. The standard InChI is InChI=1S/C20H19FN2O4/c1-12-10-13(5-6-15(12)21)18(24)16-17(14-4-3-7-22-11-14)23(8-9-27-2)20(26)19(16)25/h3-7,10-11,17,24H,8-9H2,1-2H3/b18-16-. The first-order valence-corrected chi connectivity index (χ1v) is 8.39. The second-order valence-electron chi connectivity index (χ2n) is 6.24. The summed E-state index contributed by atoms with van der Waals surface area (Å²) in [5.41, 5.74) is 1.14. The third-order valence-electron chi connectivity index (χ3n) is 4.51. The molecule has 1 unspecified atom stereocenters. The largest absolute Gasteiger partial charge is 0.507 e. The number of carbonyl (C=O) groups is 2. The summed E-state index contributed by atoms with van der Waals surface area (Å²) < 4.78 is 18.6. The fraction of sp³-hybridized carbons (Fsp3) is 0.250. The van der Waals surface area contributed by atoms with Gasteiger partial charge in [0.25, 0.3) is 11.7 Å². The fourth-order valence-corrected chi connectivity index (χ4v) is 3.13. The molecule has 1 atom stereocenters. The molecule has 3 rings (SSSR count). The van der Waals surface area contributed by atoms with Gasteiger partial charge in [-0.3, -0.25) is 14.6 Å². The molecular weight excluding hydrogens is 351 g/mol. The number of aromatic nitrogens is 1. The molecule has 0 saturated carbocycles. The number of methoxy groups -OCH3 is 1. The maximum absolute atomic E-state index is 13.6. The van der Waals surface area contributed by atoms with Crippen LogP contribution in [0.5, 0.6) is 0 Å². The highest BCUT2D eigenvalue weighted by Gasteiger charge is 2.45. The number of nitrogens with zero attached hydrogens (tertiary/aromatic N) is 2. The molecule has 0 aliphatic carbocycles. The van der Waals surface area contributed by atoms with Crippen molar-refractivity contribution in [3.63, 3.8) is 0 Å². The maximum atomic E-state index is 13.6. The predicted octanol–water partition coefficient (Wildman–Crippen LogP) is 2.60. The number of ketones is 1. The zero-order valence-electron chi connectivity index (χ0n) is 15.0. The van der Waals surface area contributed by atoms with Gasteiger partial charge in [0.1, 0.15) is 11.6 Å². The SMILES string of the molecule is COCCN1C(=O)C(=O)/C(=C(\O)c2ccc(F)c(C)c2)C1c1cccnc1. The number of pyridine rings is 1. The van der Waals surface area contributed by atoms with E-state index in [4.69, 9.17) is 4.74 Å². The third-order valence-corrected chi connectivity index (χ3v) is 4.51. The molecule has 1 saturated heterocycles. The second-order valence-corrected chi connectivity index (χ2v) is 6.24. The van der Waals surface area contributed by atoms with E-state index in [2.05, 4.69) is 4.98 Å². The average molecular weight is 370 g/mol. The van der Waals surface area contributed by atoms with Crippen molar-refractivity contribution in [3.8, 4) is 0 Å². The Labute approximate surface area is 155 Å². The van der Waals surface area contributed by atoms with E-state index in [1.54, 1.807) is 31.5 Å². The van der Waals surface area contributed by atoms with E-state index in [0.717, 1.165) is 0 Å². The normalized spacial score (nSPS) is 18.9. The van der Waals surface area contributed by atoms with Gasteiger partial charge in [-0.1, -0.05) is 6.07 Å². The van der Waals surface area contributed by atoms with Crippen LogP contribution in [0.25, 0.3) is 5.76 Å². The van der Waals surface area contributed by atoms with Crippen molar-refractivity contribution in [2.75, 3.05) is 20.3 Å². The number of Topliss-reactive ketones (excluding diaryl/α,β-unsaturated/α-hetero) is 1. The molecule has 140 valence electrons. The number of halogens is 1. The molecule has 1 amide bonds. The number of carbonyl (C=O) groups excluding carboxylic acids is 2. The van der Waals surface area contributed by atoms with Crippen LogP contribution in [-0.2, 0) is 14.3 Å². The zero-order valence-corrected chi connectivity index (χ0v) is 15.0. The van der Waals surface area contributed by atoms with Gasteiger partial charge in [0.2, 0.25) is 0 Å². The van der Waals surface area contributed by atoms with Crippen molar-refractivity contribution in [2.45, 2.75) is 13.0 Å². The van der Waals surface area contributed by atoms with Crippen LogP contribution in [0.2, 0.25) is 0 Å². The van der Waals surface area contributed by atoms with E-state index in [-0.39, 0.29) is 30.0 Å². The smallest absolute Gasteiger partial charge is 0.295 e. The van der Waals surface area contributed by atoms with Crippen LogP contribution in [0, 0.1) is 12.7 Å². The fourth-order valence-electron chi connectivity index (χ4n) is 3.13. The summed E-state index contributed by atoms with van der Waals surface area (Å²) >= 11 is 0. The molecule has 1 fully saturated rings. The summed E-state index contributed by atoms with van der Waals surface area (Å²) in [5.74, 6) is -2.28. The topological polar surface area (TPSA) is 79.7 Å². The van der Waals surface area contributed by atoms with Crippen LogP contribution < -0.4 is 0 Å². The van der Waals surface area contributed by atoms with Crippen molar-refractivity contribution in [2.24, 2.45) is 0 Å². The molecule has 0 bridgehead atoms. The minimum atomic E-state index is -0.792. The summed E-state index contributed by atoms with van der Waals surface area (Å²) in [7, 11) is 1.50. The lowest BCUT2D eigenvalue weighted by molar-refractivity contribution is -0.140. The number of ether oxygens (including phenoxy) is 1. The van der Waals surface area contributed by atoms with Crippen LogP contribution in [0.1, 0.15) is 22.7 Å². The highest BCUT2D eigenvalue weighted by atomic mass is 19.1. The lowest BCUT2D eigenvalue weighted by Gasteiger charge is -2.24. The van der Waals surface area contributed by atoms with Gasteiger partial charge < -0.3 is 14.7 Å². The summed E-state index contributed by atoms with van der Waals surface area (Å²) in [6, 6.07) is 6.65. The minimum absolute atomic E-state index is 0.0462. The average Bonchev–Trinajstić information content (AvgIpc) is 2.93. The summed E-state index contributed by atoms with van der Waals surface area (Å²) in [6.45, 7) is 1.97. The van der Waals surface area contributed by atoms with Gasteiger partial charge in [-0.15, -0.1) is 0 Å². The molecule has 7 heteroatoms. The Morgan fingerprint density at radius 2 is 2.11 bits per heavy atom. The molecule has 27 heavy (non-hydrogen) atoms. The van der Waals surface area contributed by atoms with Gasteiger partial charge in [0.05, 0.1) is 18.2 Å². The highest BCUT2D eigenvalue weighted by Crippen LogP contribution is 2.39. The Hall–Kier alpha value is -3.06. The highest BCUT2D eigenvalue weighted by molar-refractivity contribution is 6.46. The quantitative estimate of drug-likeness (QED) is 0.497. The Kier molecular flexibility index (Phi) is 5.32. The van der Waals surface area contributed by atoms with Crippen LogP contribution in [-0.4, -0.2) is 46.9 Å². The van der Waals surface area contributed by atoms with Crippen molar-refractivity contribution in [1.29, 1.82) is 0 Å². The van der Waals surface area contributed by atoms with Crippen molar-refractivity contribution < 1.29 is 23.8 Å². The molecule has 1 aromatic carbocycles. The van der Waals surface area contributed by atoms with Crippen LogP contribution in [0.15, 0.2) is 48.3 Å². The van der Waals surface area contributed by atoms with Crippen molar-refractivity contribution in [1.82, 2.24) is 9.88 Å². The van der Waals surface area contributed by atoms with E-state index >= 15 is 0 Å². The molecule has 1 aliphatic rings. The first kappa shape index (κ1) is 18.7. The molecule has 0 radical (unpaired) electrons.